The molecular formula is C11H17F3N4O. The van der Waals surface area contributed by atoms with Gasteiger partial charge in [-0.1, -0.05) is 0 Å². The number of nitrogens with one attached hydrogen (secondary N) is 2. The van der Waals surface area contributed by atoms with E-state index in [1.807, 2.05) is 13.8 Å². The molecule has 0 radical (unpaired) electrons. The summed E-state index contributed by atoms with van der Waals surface area (Å²) in [5.41, 5.74) is 0.820. The molecule has 1 aromatic heterocycles. The molecule has 19 heavy (non-hydrogen) atoms. The molecule has 0 bridgehead atoms. The van der Waals surface area contributed by atoms with Gasteiger partial charge in [0.2, 0.25) is 0 Å². The Bertz CT molecular complexity index is 398. The summed E-state index contributed by atoms with van der Waals surface area (Å²) in [4.78, 5) is 8.09. The van der Waals surface area contributed by atoms with E-state index in [0.717, 1.165) is 12.1 Å². The van der Waals surface area contributed by atoms with Crippen LogP contribution in [0.2, 0.25) is 0 Å². The molecule has 0 saturated carbocycles. The Balaban J connectivity index is 2.39. The zero-order valence-corrected chi connectivity index (χ0v) is 10.8. The SMILES string of the molecule is CCNc1ncnc(NCCOCC(F)(F)F)c1C. The summed E-state index contributed by atoms with van der Waals surface area (Å²) < 4.78 is 40.0. The predicted octanol–water partition coefficient (Wildman–Crippen LogP) is 2.21. The second-order valence-electron chi connectivity index (χ2n) is 3.82. The fourth-order valence-corrected chi connectivity index (χ4v) is 1.40. The molecule has 108 valence electrons. The highest BCUT2D eigenvalue weighted by molar-refractivity contribution is 5.56. The van der Waals surface area contributed by atoms with Gasteiger partial charge in [0.15, 0.2) is 0 Å². The minimum Gasteiger partial charge on any atom is -0.370 e. The van der Waals surface area contributed by atoms with Gasteiger partial charge in [0.1, 0.15) is 24.6 Å². The van der Waals surface area contributed by atoms with Crippen molar-refractivity contribution in [1.29, 1.82) is 0 Å². The van der Waals surface area contributed by atoms with Gasteiger partial charge in [-0.2, -0.15) is 13.2 Å². The lowest BCUT2D eigenvalue weighted by atomic mass is 10.3. The molecule has 8 heteroatoms. The fraction of sp³-hybridized carbons (Fsp3) is 0.636. The molecule has 1 rings (SSSR count). The number of anilines is 2. The van der Waals surface area contributed by atoms with E-state index in [2.05, 4.69) is 25.3 Å². The molecule has 0 fully saturated rings. The first kappa shape index (κ1) is 15.5. The van der Waals surface area contributed by atoms with Gasteiger partial charge in [-0.25, -0.2) is 9.97 Å². The fourth-order valence-electron chi connectivity index (χ4n) is 1.40. The quantitative estimate of drug-likeness (QED) is 0.749. The van der Waals surface area contributed by atoms with E-state index < -0.39 is 12.8 Å². The van der Waals surface area contributed by atoms with Crippen LogP contribution in [0.4, 0.5) is 24.8 Å². The maximum atomic E-state index is 11.8. The normalized spacial score (nSPS) is 11.4. The zero-order valence-electron chi connectivity index (χ0n) is 10.8. The maximum Gasteiger partial charge on any atom is 0.411 e. The van der Waals surface area contributed by atoms with Gasteiger partial charge in [0.05, 0.1) is 6.61 Å². The lowest BCUT2D eigenvalue weighted by molar-refractivity contribution is -0.172. The molecule has 0 aliphatic heterocycles. The number of halogens is 3. The average Bonchev–Trinajstić information content (AvgIpc) is 2.32. The van der Waals surface area contributed by atoms with Crippen molar-refractivity contribution >= 4 is 11.6 Å². The van der Waals surface area contributed by atoms with Crippen LogP contribution in [0.15, 0.2) is 6.33 Å². The van der Waals surface area contributed by atoms with E-state index in [4.69, 9.17) is 0 Å². The van der Waals surface area contributed by atoms with Crippen LogP contribution in [0.1, 0.15) is 12.5 Å². The molecule has 0 saturated heterocycles. The summed E-state index contributed by atoms with van der Waals surface area (Å²) in [5.74, 6) is 1.29. The topological polar surface area (TPSA) is 59.1 Å². The summed E-state index contributed by atoms with van der Waals surface area (Å²) in [6.07, 6.45) is -2.90. The molecule has 0 spiro atoms. The first-order chi connectivity index (χ1) is 8.94. The average molecular weight is 278 g/mol. The van der Waals surface area contributed by atoms with Crippen LogP contribution in [0.25, 0.3) is 0 Å². The van der Waals surface area contributed by atoms with Gasteiger partial charge in [-0.15, -0.1) is 0 Å². The van der Waals surface area contributed by atoms with Gasteiger partial charge in [0, 0.05) is 18.7 Å². The Morgan fingerprint density at radius 1 is 1.21 bits per heavy atom. The van der Waals surface area contributed by atoms with Crippen molar-refractivity contribution in [3.63, 3.8) is 0 Å². The van der Waals surface area contributed by atoms with Crippen LogP contribution < -0.4 is 10.6 Å². The smallest absolute Gasteiger partial charge is 0.370 e. The third kappa shape index (κ3) is 5.73. The first-order valence-corrected chi connectivity index (χ1v) is 5.88. The van der Waals surface area contributed by atoms with Crippen molar-refractivity contribution < 1.29 is 17.9 Å². The second kappa shape index (κ2) is 7.13. The highest BCUT2D eigenvalue weighted by Crippen LogP contribution is 2.17. The largest absolute Gasteiger partial charge is 0.411 e. The van der Waals surface area contributed by atoms with E-state index >= 15 is 0 Å². The lowest BCUT2D eigenvalue weighted by Gasteiger charge is -2.12. The van der Waals surface area contributed by atoms with Crippen LogP contribution in [-0.2, 0) is 4.74 Å². The Morgan fingerprint density at radius 2 is 1.84 bits per heavy atom. The van der Waals surface area contributed by atoms with Crippen molar-refractivity contribution in [2.45, 2.75) is 20.0 Å². The highest BCUT2D eigenvalue weighted by atomic mass is 19.4. The number of nitrogens with zero attached hydrogens (tertiary/aromatic N) is 2. The van der Waals surface area contributed by atoms with Crippen molar-refractivity contribution in [2.75, 3.05) is 36.9 Å². The molecule has 0 unspecified atom stereocenters. The summed E-state index contributed by atoms with van der Waals surface area (Å²) in [5, 5.41) is 5.98. The van der Waals surface area contributed by atoms with E-state index in [1.54, 1.807) is 0 Å². The molecule has 2 N–H and O–H groups in total. The minimum absolute atomic E-state index is 0.0422. The third-order valence-electron chi connectivity index (χ3n) is 2.23. The van der Waals surface area contributed by atoms with Gasteiger partial charge < -0.3 is 15.4 Å². The highest BCUT2D eigenvalue weighted by Gasteiger charge is 2.27. The first-order valence-electron chi connectivity index (χ1n) is 5.88. The summed E-state index contributed by atoms with van der Waals surface area (Å²) in [6, 6.07) is 0. The number of rotatable bonds is 7. The molecule has 0 aromatic carbocycles. The minimum atomic E-state index is -4.29. The molecule has 0 atom stereocenters. The summed E-state index contributed by atoms with van der Waals surface area (Å²) in [7, 11) is 0. The predicted molar refractivity (Wildman–Crippen MR) is 66.3 cm³/mol. The number of hydrogen-bond donors (Lipinski definition) is 2. The van der Waals surface area contributed by atoms with Gasteiger partial charge >= 0.3 is 6.18 Å². The lowest BCUT2D eigenvalue weighted by Crippen LogP contribution is -2.20. The maximum absolute atomic E-state index is 11.8. The van der Waals surface area contributed by atoms with Crippen molar-refractivity contribution in [3.05, 3.63) is 11.9 Å². The van der Waals surface area contributed by atoms with E-state index in [-0.39, 0.29) is 13.2 Å². The van der Waals surface area contributed by atoms with Crippen molar-refractivity contribution in [3.8, 4) is 0 Å². The molecule has 0 amide bonds. The third-order valence-corrected chi connectivity index (χ3v) is 2.23. The number of alkyl halides is 3. The van der Waals surface area contributed by atoms with Crippen LogP contribution >= 0.6 is 0 Å². The van der Waals surface area contributed by atoms with Gasteiger partial charge in [-0.3, -0.25) is 0 Å². The van der Waals surface area contributed by atoms with Crippen LogP contribution in [-0.4, -0.2) is 42.4 Å². The van der Waals surface area contributed by atoms with Crippen LogP contribution in [0, 0.1) is 6.92 Å². The Hall–Kier alpha value is -1.57. The van der Waals surface area contributed by atoms with Gasteiger partial charge in [0.25, 0.3) is 0 Å². The van der Waals surface area contributed by atoms with Gasteiger partial charge in [-0.05, 0) is 13.8 Å². The molecular weight excluding hydrogens is 261 g/mol. The molecule has 0 aliphatic carbocycles. The Morgan fingerprint density at radius 3 is 2.42 bits per heavy atom. The number of hydrogen-bond acceptors (Lipinski definition) is 5. The summed E-state index contributed by atoms with van der Waals surface area (Å²) >= 11 is 0. The van der Waals surface area contributed by atoms with Crippen LogP contribution in [0.3, 0.4) is 0 Å². The van der Waals surface area contributed by atoms with Crippen molar-refractivity contribution in [2.24, 2.45) is 0 Å². The molecule has 0 aliphatic rings. The Kier molecular flexibility index (Phi) is 5.81. The second-order valence-corrected chi connectivity index (χ2v) is 3.82. The Labute approximate surface area is 109 Å². The van der Waals surface area contributed by atoms with E-state index in [9.17, 15) is 13.2 Å². The van der Waals surface area contributed by atoms with E-state index in [0.29, 0.717) is 11.6 Å². The van der Waals surface area contributed by atoms with E-state index in [1.165, 1.54) is 6.33 Å². The number of aromatic nitrogens is 2. The van der Waals surface area contributed by atoms with Crippen molar-refractivity contribution in [1.82, 2.24) is 9.97 Å². The summed E-state index contributed by atoms with van der Waals surface area (Å²) in [6.45, 7) is 3.47. The molecule has 1 aromatic rings. The zero-order chi connectivity index (χ0) is 14.3. The molecule has 5 nitrogen and oxygen atoms in total. The standard InChI is InChI=1S/C11H17F3N4O/c1-3-15-9-8(2)10(18-7-17-9)16-4-5-19-6-11(12,13)14/h7H,3-6H2,1-2H3,(H2,15,16,17,18). The monoisotopic (exact) mass is 278 g/mol. The number of ether oxygens (including phenoxy) is 1. The van der Waals surface area contributed by atoms with Crippen LogP contribution in [0.5, 0.6) is 0 Å². The molecule has 1 heterocycles.